The minimum atomic E-state index is -0.527. The van der Waals surface area contributed by atoms with Crippen LogP contribution in [0.15, 0.2) is 30.3 Å². The van der Waals surface area contributed by atoms with Crippen molar-refractivity contribution >= 4 is 16.9 Å². The summed E-state index contributed by atoms with van der Waals surface area (Å²) in [6.45, 7) is 2.43. The van der Waals surface area contributed by atoms with Gasteiger partial charge in [-0.05, 0) is 6.92 Å². The Balaban J connectivity index is 2.64. The van der Waals surface area contributed by atoms with E-state index in [-0.39, 0.29) is 0 Å². The van der Waals surface area contributed by atoms with Gasteiger partial charge in [-0.1, -0.05) is 24.3 Å². The Morgan fingerprint density at radius 3 is 2.50 bits per heavy atom. The molecule has 0 aliphatic heterocycles. The van der Waals surface area contributed by atoms with Crippen molar-refractivity contribution in [2.45, 2.75) is 6.92 Å². The molecular weight excluding hydrogens is 258 g/mol. The van der Waals surface area contributed by atoms with Gasteiger partial charge >= 0.3 is 6.09 Å². The second-order valence-electron chi connectivity index (χ2n) is 4.02. The van der Waals surface area contributed by atoms with Crippen LogP contribution in [0, 0.1) is 0 Å². The van der Waals surface area contributed by atoms with E-state index in [0.29, 0.717) is 23.9 Å². The number of nitrogens with one attached hydrogen (secondary N) is 1. The smallest absolute Gasteiger partial charge is 0.412 e. The van der Waals surface area contributed by atoms with Gasteiger partial charge in [-0.3, -0.25) is 0 Å². The van der Waals surface area contributed by atoms with Crippen LogP contribution < -0.4 is 19.5 Å². The molecule has 2 aromatic carbocycles. The molecule has 0 aliphatic rings. The molecule has 0 unspecified atom stereocenters. The molecule has 0 atom stereocenters. The normalized spacial score (nSPS) is 10.2. The molecule has 0 aromatic heterocycles. The molecule has 0 fully saturated rings. The first-order chi connectivity index (χ1) is 9.71. The molecule has 0 heterocycles. The summed E-state index contributed by atoms with van der Waals surface area (Å²) < 4.78 is 16.2. The maximum atomic E-state index is 11.4. The summed E-state index contributed by atoms with van der Waals surface area (Å²) in [6, 6.07) is 9.20. The van der Waals surface area contributed by atoms with E-state index in [1.807, 2.05) is 31.2 Å². The molecule has 0 bridgehead atoms. The molecule has 20 heavy (non-hydrogen) atoms. The number of amides is 1. The molecule has 2 rings (SSSR count). The fourth-order valence-corrected chi connectivity index (χ4v) is 1.97. The molecule has 2 aromatic rings. The quantitative estimate of drug-likeness (QED) is 0.932. The van der Waals surface area contributed by atoms with Crippen molar-refractivity contribution in [1.29, 1.82) is 0 Å². The SMILES string of the molecule is CCOc1c(OC)cc(OC(=O)NC)c2ccccc12. The maximum Gasteiger partial charge on any atom is 0.412 e. The number of rotatable bonds is 4. The van der Waals surface area contributed by atoms with Crippen molar-refractivity contribution in [3.63, 3.8) is 0 Å². The minimum Gasteiger partial charge on any atom is -0.493 e. The Bertz CT molecular complexity index is 625. The van der Waals surface area contributed by atoms with Gasteiger partial charge in [0, 0.05) is 23.9 Å². The lowest BCUT2D eigenvalue weighted by Gasteiger charge is -2.15. The fraction of sp³-hybridized carbons (Fsp3) is 0.267. The van der Waals surface area contributed by atoms with Crippen molar-refractivity contribution in [2.24, 2.45) is 0 Å². The molecule has 0 spiro atoms. The third kappa shape index (κ3) is 2.61. The largest absolute Gasteiger partial charge is 0.493 e. The van der Waals surface area contributed by atoms with E-state index >= 15 is 0 Å². The van der Waals surface area contributed by atoms with E-state index in [1.54, 1.807) is 13.2 Å². The van der Waals surface area contributed by atoms with Crippen molar-refractivity contribution in [1.82, 2.24) is 5.32 Å². The van der Waals surface area contributed by atoms with Gasteiger partial charge in [0.05, 0.1) is 13.7 Å². The molecule has 5 nitrogen and oxygen atoms in total. The van der Waals surface area contributed by atoms with Crippen molar-refractivity contribution in [3.8, 4) is 17.2 Å². The predicted octanol–water partition coefficient (Wildman–Crippen LogP) is 2.97. The Morgan fingerprint density at radius 1 is 1.20 bits per heavy atom. The molecule has 5 heteroatoms. The highest BCUT2D eigenvalue weighted by molar-refractivity contribution is 5.96. The number of carbonyl (C=O) groups excluding carboxylic acids is 1. The number of fused-ring (bicyclic) bond motifs is 1. The third-order valence-electron chi connectivity index (χ3n) is 2.84. The predicted molar refractivity (Wildman–Crippen MR) is 76.8 cm³/mol. The second-order valence-corrected chi connectivity index (χ2v) is 4.02. The average molecular weight is 275 g/mol. The number of hydrogen-bond acceptors (Lipinski definition) is 4. The second kappa shape index (κ2) is 6.14. The van der Waals surface area contributed by atoms with Gasteiger partial charge in [0.1, 0.15) is 5.75 Å². The van der Waals surface area contributed by atoms with E-state index in [9.17, 15) is 4.79 Å². The highest BCUT2D eigenvalue weighted by atomic mass is 16.6. The van der Waals surface area contributed by atoms with Crippen molar-refractivity contribution < 1.29 is 19.0 Å². The van der Waals surface area contributed by atoms with E-state index in [4.69, 9.17) is 14.2 Å². The first kappa shape index (κ1) is 14.0. The van der Waals surface area contributed by atoms with Gasteiger partial charge in [-0.2, -0.15) is 0 Å². The van der Waals surface area contributed by atoms with Crippen molar-refractivity contribution in [2.75, 3.05) is 20.8 Å². The van der Waals surface area contributed by atoms with Gasteiger partial charge in [-0.15, -0.1) is 0 Å². The van der Waals surface area contributed by atoms with Crippen LogP contribution in [0.2, 0.25) is 0 Å². The first-order valence-corrected chi connectivity index (χ1v) is 6.33. The summed E-state index contributed by atoms with van der Waals surface area (Å²) >= 11 is 0. The molecule has 0 aliphatic carbocycles. The standard InChI is InChI=1S/C15H17NO4/c1-4-19-14-11-8-6-5-7-10(11)12(9-13(14)18-3)20-15(17)16-2/h5-9H,4H2,1-3H3,(H,16,17). The van der Waals surface area contributed by atoms with Gasteiger partial charge in [0.25, 0.3) is 0 Å². The Kier molecular flexibility index (Phi) is 4.30. The Hall–Kier alpha value is -2.43. The molecule has 1 amide bonds. The van der Waals surface area contributed by atoms with Crippen LogP contribution in [0.1, 0.15) is 6.92 Å². The average Bonchev–Trinajstić information content (AvgIpc) is 2.49. The van der Waals surface area contributed by atoms with Gasteiger partial charge < -0.3 is 19.5 Å². The molecule has 0 saturated carbocycles. The van der Waals surface area contributed by atoms with Crippen molar-refractivity contribution in [3.05, 3.63) is 30.3 Å². The molecule has 0 saturated heterocycles. The highest BCUT2D eigenvalue weighted by Gasteiger charge is 2.16. The Morgan fingerprint density at radius 2 is 1.90 bits per heavy atom. The third-order valence-corrected chi connectivity index (χ3v) is 2.84. The van der Waals surface area contributed by atoms with Crippen LogP contribution >= 0.6 is 0 Å². The van der Waals surface area contributed by atoms with Gasteiger partial charge in [0.2, 0.25) is 0 Å². The summed E-state index contributed by atoms with van der Waals surface area (Å²) in [6.07, 6.45) is -0.527. The lowest BCUT2D eigenvalue weighted by molar-refractivity contribution is 0.203. The Labute approximate surface area is 117 Å². The number of ether oxygens (including phenoxy) is 3. The zero-order valence-electron chi connectivity index (χ0n) is 11.7. The van der Waals surface area contributed by atoms with E-state index in [0.717, 1.165) is 10.8 Å². The molecular formula is C15H17NO4. The van der Waals surface area contributed by atoms with Gasteiger partial charge in [0.15, 0.2) is 11.5 Å². The summed E-state index contributed by atoms with van der Waals surface area (Å²) in [5.74, 6) is 1.61. The molecule has 0 radical (unpaired) electrons. The summed E-state index contributed by atoms with van der Waals surface area (Å²) in [4.78, 5) is 11.4. The number of benzene rings is 2. The lowest BCUT2D eigenvalue weighted by Crippen LogP contribution is -2.22. The highest BCUT2D eigenvalue weighted by Crippen LogP contribution is 2.41. The van der Waals surface area contributed by atoms with E-state index in [2.05, 4.69) is 5.32 Å². The molecule has 106 valence electrons. The maximum absolute atomic E-state index is 11.4. The zero-order valence-corrected chi connectivity index (χ0v) is 11.7. The van der Waals surface area contributed by atoms with E-state index < -0.39 is 6.09 Å². The van der Waals surface area contributed by atoms with Crippen LogP contribution in [-0.4, -0.2) is 26.9 Å². The summed E-state index contributed by atoms with van der Waals surface area (Å²) in [5.41, 5.74) is 0. The number of hydrogen-bond donors (Lipinski definition) is 1. The number of methoxy groups -OCH3 is 1. The fourth-order valence-electron chi connectivity index (χ4n) is 1.97. The molecule has 1 N–H and O–H groups in total. The summed E-state index contributed by atoms with van der Waals surface area (Å²) in [7, 11) is 3.06. The monoisotopic (exact) mass is 275 g/mol. The van der Waals surface area contributed by atoms with Gasteiger partial charge in [-0.25, -0.2) is 4.79 Å². The van der Waals surface area contributed by atoms with Crippen LogP contribution in [0.5, 0.6) is 17.2 Å². The lowest BCUT2D eigenvalue weighted by atomic mass is 10.1. The first-order valence-electron chi connectivity index (χ1n) is 6.33. The zero-order chi connectivity index (χ0) is 14.5. The number of carbonyl (C=O) groups is 1. The van der Waals surface area contributed by atoms with Crippen LogP contribution in [-0.2, 0) is 0 Å². The van der Waals surface area contributed by atoms with Crippen LogP contribution in [0.4, 0.5) is 4.79 Å². The van der Waals surface area contributed by atoms with Crippen LogP contribution in [0.25, 0.3) is 10.8 Å². The topological polar surface area (TPSA) is 56.8 Å². The van der Waals surface area contributed by atoms with Crippen LogP contribution in [0.3, 0.4) is 0 Å². The summed E-state index contributed by atoms with van der Waals surface area (Å²) in [5, 5.41) is 4.05. The van der Waals surface area contributed by atoms with E-state index in [1.165, 1.54) is 7.05 Å². The minimum absolute atomic E-state index is 0.431.